The standard InChI is InChI=1S/C16H22ClNO2S/c17-14-3-1-2-13(8-14)10-21-11-16(20)18-15-6-4-12(9-19)5-7-15/h1-3,8,12,15,19H,4-7,9-11H2,(H,18,20). The minimum absolute atomic E-state index is 0.106. The fraction of sp³-hybridized carbons (Fsp3) is 0.562. The first-order chi connectivity index (χ1) is 10.2. The van der Waals surface area contributed by atoms with E-state index in [4.69, 9.17) is 16.7 Å². The van der Waals surface area contributed by atoms with Crippen LogP contribution < -0.4 is 5.32 Å². The number of carbonyl (C=O) groups excluding carboxylic acids is 1. The lowest BCUT2D eigenvalue weighted by Gasteiger charge is -2.27. The number of nitrogens with one attached hydrogen (secondary N) is 1. The molecule has 5 heteroatoms. The highest BCUT2D eigenvalue weighted by atomic mass is 35.5. The largest absolute Gasteiger partial charge is 0.396 e. The molecule has 116 valence electrons. The fourth-order valence-electron chi connectivity index (χ4n) is 2.65. The summed E-state index contributed by atoms with van der Waals surface area (Å²) in [5, 5.41) is 12.9. The van der Waals surface area contributed by atoms with Crippen molar-refractivity contribution in [3.63, 3.8) is 0 Å². The number of benzene rings is 1. The van der Waals surface area contributed by atoms with Gasteiger partial charge in [0.15, 0.2) is 0 Å². The van der Waals surface area contributed by atoms with Crippen LogP contribution in [-0.4, -0.2) is 29.4 Å². The van der Waals surface area contributed by atoms with Crippen LogP contribution in [0.25, 0.3) is 0 Å². The Morgan fingerprint density at radius 3 is 2.76 bits per heavy atom. The number of carbonyl (C=O) groups is 1. The zero-order valence-electron chi connectivity index (χ0n) is 12.1. The van der Waals surface area contributed by atoms with E-state index in [-0.39, 0.29) is 18.6 Å². The van der Waals surface area contributed by atoms with Crippen LogP contribution in [0, 0.1) is 5.92 Å². The molecule has 2 rings (SSSR count). The maximum absolute atomic E-state index is 11.9. The average molecular weight is 328 g/mol. The molecule has 1 saturated carbocycles. The van der Waals surface area contributed by atoms with Crippen LogP contribution >= 0.6 is 23.4 Å². The van der Waals surface area contributed by atoms with Crippen molar-refractivity contribution in [2.75, 3.05) is 12.4 Å². The van der Waals surface area contributed by atoms with Crippen molar-refractivity contribution in [2.24, 2.45) is 5.92 Å². The highest BCUT2D eigenvalue weighted by Crippen LogP contribution is 2.24. The Hall–Kier alpha value is -0.710. The zero-order chi connectivity index (χ0) is 15.1. The third kappa shape index (κ3) is 5.89. The van der Waals surface area contributed by atoms with Gasteiger partial charge in [-0.3, -0.25) is 4.79 Å². The van der Waals surface area contributed by atoms with Gasteiger partial charge in [-0.2, -0.15) is 0 Å². The molecule has 1 aliphatic rings. The van der Waals surface area contributed by atoms with E-state index in [9.17, 15) is 4.79 Å². The average Bonchev–Trinajstić information content (AvgIpc) is 2.48. The van der Waals surface area contributed by atoms with E-state index < -0.39 is 0 Å². The van der Waals surface area contributed by atoms with Crippen molar-refractivity contribution in [1.82, 2.24) is 5.32 Å². The number of halogens is 1. The quantitative estimate of drug-likeness (QED) is 0.843. The molecule has 1 aliphatic carbocycles. The predicted molar refractivity (Wildman–Crippen MR) is 88.6 cm³/mol. The third-order valence-corrected chi connectivity index (χ3v) is 5.10. The van der Waals surface area contributed by atoms with Gasteiger partial charge >= 0.3 is 0 Å². The Labute approximate surface area is 135 Å². The molecular weight excluding hydrogens is 306 g/mol. The van der Waals surface area contributed by atoms with Gasteiger partial charge < -0.3 is 10.4 Å². The number of aliphatic hydroxyl groups excluding tert-OH is 1. The molecule has 1 amide bonds. The van der Waals surface area contributed by atoms with Crippen molar-refractivity contribution in [2.45, 2.75) is 37.5 Å². The predicted octanol–water partition coefficient (Wildman–Crippen LogP) is 3.24. The summed E-state index contributed by atoms with van der Waals surface area (Å²) in [5.74, 6) is 1.81. The molecule has 0 saturated heterocycles. The highest BCUT2D eigenvalue weighted by Gasteiger charge is 2.21. The molecule has 21 heavy (non-hydrogen) atoms. The van der Waals surface area contributed by atoms with Crippen molar-refractivity contribution < 1.29 is 9.90 Å². The van der Waals surface area contributed by atoms with E-state index in [0.29, 0.717) is 11.7 Å². The first kappa shape index (κ1) is 16.7. The van der Waals surface area contributed by atoms with Crippen LogP contribution in [0.2, 0.25) is 5.02 Å². The maximum Gasteiger partial charge on any atom is 0.230 e. The van der Waals surface area contributed by atoms with Crippen molar-refractivity contribution >= 4 is 29.3 Å². The van der Waals surface area contributed by atoms with Crippen LogP contribution in [0.1, 0.15) is 31.2 Å². The van der Waals surface area contributed by atoms with Gasteiger partial charge in [0.2, 0.25) is 5.91 Å². The molecule has 0 heterocycles. The van der Waals surface area contributed by atoms with Crippen LogP contribution in [0.15, 0.2) is 24.3 Å². The highest BCUT2D eigenvalue weighted by molar-refractivity contribution is 7.99. The topological polar surface area (TPSA) is 49.3 Å². The van der Waals surface area contributed by atoms with Crippen LogP contribution in [0.4, 0.5) is 0 Å². The molecular formula is C16H22ClNO2S. The molecule has 1 fully saturated rings. The van der Waals surface area contributed by atoms with Gasteiger partial charge in [-0.25, -0.2) is 0 Å². The molecule has 0 spiro atoms. The van der Waals surface area contributed by atoms with Gasteiger partial charge in [0.25, 0.3) is 0 Å². The van der Waals surface area contributed by atoms with Crippen LogP contribution in [0.3, 0.4) is 0 Å². The summed E-state index contributed by atoms with van der Waals surface area (Å²) in [6.45, 7) is 0.274. The number of thioether (sulfide) groups is 1. The summed E-state index contributed by atoms with van der Waals surface area (Å²) in [7, 11) is 0. The molecule has 0 radical (unpaired) electrons. The lowest BCUT2D eigenvalue weighted by molar-refractivity contribution is -0.119. The smallest absolute Gasteiger partial charge is 0.230 e. The minimum atomic E-state index is 0.106. The van der Waals surface area contributed by atoms with E-state index in [0.717, 1.165) is 42.0 Å². The summed E-state index contributed by atoms with van der Waals surface area (Å²) >= 11 is 7.54. The molecule has 0 aromatic heterocycles. The molecule has 0 unspecified atom stereocenters. The number of amides is 1. The number of rotatable bonds is 6. The van der Waals surface area contributed by atoms with E-state index in [2.05, 4.69) is 5.32 Å². The first-order valence-corrected chi connectivity index (χ1v) is 8.93. The minimum Gasteiger partial charge on any atom is -0.396 e. The van der Waals surface area contributed by atoms with Crippen LogP contribution in [0.5, 0.6) is 0 Å². The molecule has 3 nitrogen and oxygen atoms in total. The van der Waals surface area contributed by atoms with Crippen molar-refractivity contribution in [3.8, 4) is 0 Å². The molecule has 0 bridgehead atoms. The Balaban J connectivity index is 1.64. The summed E-state index contributed by atoms with van der Waals surface area (Å²) in [6, 6.07) is 8.02. The third-order valence-electron chi connectivity index (χ3n) is 3.86. The van der Waals surface area contributed by atoms with Gasteiger partial charge in [-0.05, 0) is 49.3 Å². The zero-order valence-corrected chi connectivity index (χ0v) is 13.6. The summed E-state index contributed by atoms with van der Waals surface area (Å²) < 4.78 is 0. The van der Waals surface area contributed by atoms with E-state index >= 15 is 0 Å². The second-order valence-electron chi connectivity index (χ2n) is 5.59. The second kappa shape index (κ2) is 8.66. The number of hydrogen-bond acceptors (Lipinski definition) is 3. The first-order valence-electron chi connectivity index (χ1n) is 7.40. The summed E-state index contributed by atoms with van der Waals surface area (Å²) in [4.78, 5) is 11.9. The SMILES string of the molecule is O=C(CSCc1cccc(Cl)c1)NC1CCC(CO)CC1. The molecule has 1 aromatic rings. The molecule has 0 atom stereocenters. The summed E-state index contributed by atoms with van der Waals surface area (Å²) in [6.07, 6.45) is 3.99. The molecule has 1 aromatic carbocycles. The normalized spacial score (nSPS) is 22.0. The van der Waals surface area contributed by atoms with E-state index in [1.54, 1.807) is 11.8 Å². The monoisotopic (exact) mass is 327 g/mol. The molecule has 2 N–H and O–H groups in total. The fourth-order valence-corrected chi connectivity index (χ4v) is 3.65. The number of aliphatic hydroxyl groups is 1. The Kier molecular flexibility index (Phi) is 6.87. The van der Waals surface area contributed by atoms with Crippen LogP contribution in [-0.2, 0) is 10.5 Å². The van der Waals surface area contributed by atoms with E-state index in [1.165, 1.54) is 0 Å². The van der Waals surface area contributed by atoms with E-state index in [1.807, 2.05) is 24.3 Å². The van der Waals surface area contributed by atoms with Gasteiger partial charge in [-0.15, -0.1) is 11.8 Å². The summed E-state index contributed by atoms with van der Waals surface area (Å²) in [5.41, 5.74) is 1.14. The molecule has 0 aliphatic heterocycles. The Morgan fingerprint density at radius 1 is 1.33 bits per heavy atom. The lowest BCUT2D eigenvalue weighted by Crippen LogP contribution is -2.39. The lowest BCUT2D eigenvalue weighted by atomic mass is 9.86. The van der Waals surface area contributed by atoms with Gasteiger partial charge in [0.05, 0.1) is 5.75 Å². The van der Waals surface area contributed by atoms with Gasteiger partial charge in [-0.1, -0.05) is 23.7 Å². The number of hydrogen-bond donors (Lipinski definition) is 2. The van der Waals surface area contributed by atoms with Crippen molar-refractivity contribution in [1.29, 1.82) is 0 Å². The Bertz CT molecular complexity index is 461. The maximum atomic E-state index is 11.9. The van der Waals surface area contributed by atoms with Crippen molar-refractivity contribution in [3.05, 3.63) is 34.9 Å². The second-order valence-corrected chi connectivity index (χ2v) is 7.01. The Morgan fingerprint density at radius 2 is 2.10 bits per heavy atom. The van der Waals surface area contributed by atoms with Gasteiger partial charge in [0.1, 0.15) is 0 Å². The van der Waals surface area contributed by atoms with Gasteiger partial charge in [0, 0.05) is 23.4 Å².